The van der Waals surface area contributed by atoms with E-state index in [1.165, 1.54) is 4.31 Å². The molecule has 168 valence electrons. The molecule has 3 aromatic rings. The minimum absolute atomic E-state index is 0.0831. The zero-order chi connectivity index (χ0) is 22.1. The van der Waals surface area contributed by atoms with Crippen molar-refractivity contribution in [2.45, 2.75) is 49.0 Å². The first kappa shape index (κ1) is 21.2. The standard InChI is InChI=1S/C24H27N3O4S/c28-24(21-11-6-7-15-27(21)32(29,30)19-8-2-1-3-9-19)26-16-13-18(14-17-26)23-25-20-10-4-5-12-22(20)31-23/h1-5,8-10,12,18,21H,6-7,11,13-17H2. The molecule has 0 radical (unpaired) electrons. The van der Waals surface area contributed by atoms with E-state index in [0.29, 0.717) is 26.1 Å². The van der Waals surface area contributed by atoms with Crippen molar-refractivity contribution in [2.75, 3.05) is 19.6 Å². The Kier molecular flexibility index (Phi) is 5.73. The first-order valence-corrected chi connectivity index (χ1v) is 12.7. The van der Waals surface area contributed by atoms with Crippen molar-refractivity contribution in [3.63, 3.8) is 0 Å². The summed E-state index contributed by atoms with van der Waals surface area (Å²) in [4.78, 5) is 20.1. The maximum Gasteiger partial charge on any atom is 0.243 e. The van der Waals surface area contributed by atoms with Crippen LogP contribution in [0.4, 0.5) is 0 Å². The highest BCUT2D eigenvalue weighted by atomic mass is 32.2. The minimum atomic E-state index is -3.70. The summed E-state index contributed by atoms with van der Waals surface area (Å²) in [5.41, 5.74) is 1.63. The van der Waals surface area contributed by atoms with Crippen LogP contribution in [-0.4, -0.2) is 54.2 Å². The van der Waals surface area contributed by atoms with E-state index in [-0.39, 0.29) is 16.7 Å². The van der Waals surface area contributed by atoms with E-state index in [1.54, 1.807) is 30.3 Å². The van der Waals surface area contributed by atoms with Gasteiger partial charge >= 0.3 is 0 Å². The van der Waals surface area contributed by atoms with Crippen molar-refractivity contribution >= 4 is 27.0 Å². The highest BCUT2D eigenvalue weighted by Crippen LogP contribution is 2.32. The van der Waals surface area contributed by atoms with Crippen molar-refractivity contribution in [1.82, 2.24) is 14.2 Å². The van der Waals surface area contributed by atoms with E-state index >= 15 is 0 Å². The zero-order valence-corrected chi connectivity index (χ0v) is 18.7. The van der Waals surface area contributed by atoms with Crippen LogP contribution in [0.15, 0.2) is 63.9 Å². The number of amides is 1. The Morgan fingerprint density at radius 2 is 1.62 bits per heavy atom. The number of benzene rings is 2. The van der Waals surface area contributed by atoms with Gasteiger partial charge in [0.1, 0.15) is 11.6 Å². The molecule has 2 aliphatic heterocycles. The second kappa shape index (κ2) is 8.67. The third-order valence-electron chi connectivity index (χ3n) is 6.55. The number of carbonyl (C=O) groups excluding carboxylic acids is 1. The first-order chi connectivity index (χ1) is 15.5. The van der Waals surface area contributed by atoms with Gasteiger partial charge in [0, 0.05) is 25.6 Å². The lowest BCUT2D eigenvalue weighted by atomic mass is 9.95. The van der Waals surface area contributed by atoms with Crippen LogP contribution in [0, 0.1) is 0 Å². The Balaban J connectivity index is 1.29. The normalized spacial score (nSPS) is 21.1. The summed E-state index contributed by atoms with van der Waals surface area (Å²) in [7, 11) is -3.70. The smallest absolute Gasteiger partial charge is 0.243 e. The van der Waals surface area contributed by atoms with Crippen LogP contribution in [0.3, 0.4) is 0 Å². The number of hydrogen-bond donors (Lipinski definition) is 0. The highest BCUT2D eigenvalue weighted by Gasteiger charge is 2.40. The van der Waals surface area contributed by atoms with Gasteiger partial charge in [0.25, 0.3) is 0 Å². The number of hydrogen-bond acceptors (Lipinski definition) is 5. The first-order valence-electron chi connectivity index (χ1n) is 11.3. The molecule has 1 atom stereocenters. The summed E-state index contributed by atoms with van der Waals surface area (Å²) in [5.74, 6) is 0.812. The molecule has 1 unspecified atom stereocenters. The summed E-state index contributed by atoms with van der Waals surface area (Å²) in [6.07, 6.45) is 3.72. The van der Waals surface area contributed by atoms with Gasteiger partial charge in [0.2, 0.25) is 15.9 Å². The Hall–Kier alpha value is -2.71. The number of sulfonamides is 1. The van der Waals surface area contributed by atoms with E-state index in [1.807, 2.05) is 29.2 Å². The predicted octanol–water partition coefficient (Wildman–Crippen LogP) is 3.78. The van der Waals surface area contributed by atoms with Crippen molar-refractivity contribution in [2.24, 2.45) is 0 Å². The second-order valence-electron chi connectivity index (χ2n) is 8.56. The average Bonchev–Trinajstić information content (AvgIpc) is 3.29. The van der Waals surface area contributed by atoms with Crippen LogP contribution in [0.1, 0.15) is 43.9 Å². The molecule has 8 heteroatoms. The van der Waals surface area contributed by atoms with Crippen LogP contribution in [0.5, 0.6) is 0 Å². The monoisotopic (exact) mass is 453 g/mol. The lowest BCUT2D eigenvalue weighted by Gasteiger charge is -2.39. The third kappa shape index (κ3) is 3.93. The number of aromatic nitrogens is 1. The van der Waals surface area contributed by atoms with Crippen LogP contribution < -0.4 is 0 Å². The predicted molar refractivity (Wildman–Crippen MR) is 121 cm³/mol. The zero-order valence-electron chi connectivity index (χ0n) is 17.9. The minimum Gasteiger partial charge on any atom is -0.440 e. The number of rotatable bonds is 4. The number of nitrogens with zero attached hydrogens (tertiary/aromatic N) is 3. The number of fused-ring (bicyclic) bond motifs is 1. The van der Waals surface area contributed by atoms with E-state index in [2.05, 4.69) is 4.98 Å². The molecule has 0 saturated carbocycles. The van der Waals surface area contributed by atoms with Crippen molar-refractivity contribution < 1.29 is 17.6 Å². The van der Waals surface area contributed by atoms with Crippen molar-refractivity contribution in [3.8, 4) is 0 Å². The van der Waals surface area contributed by atoms with Crippen LogP contribution >= 0.6 is 0 Å². The van der Waals surface area contributed by atoms with Crippen LogP contribution in [0.25, 0.3) is 11.1 Å². The molecule has 0 spiro atoms. The van der Waals surface area contributed by atoms with Crippen LogP contribution in [-0.2, 0) is 14.8 Å². The molecule has 32 heavy (non-hydrogen) atoms. The average molecular weight is 454 g/mol. The number of piperidine rings is 2. The summed E-state index contributed by atoms with van der Waals surface area (Å²) < 4.78 is 33.8. The summed E-state index contributed by atoms with van der Waals surface area (Å²) in [6, 6.07) is 15.5. The maximum absolute atomic E-state index is 13.4. The fraction of sp³-hybridized carbons (Fsp3) is 0.417. The molecule has 0 N–H and O–H groups in total. The maximum atomic E-state index is 13.4. The molecule has 5 rings (SSSR count). The van der Waals surface area contributed by atoms with Crippen LogP contribution in [0.2, 0.25) is 0 Å². The fourth-order valence-electron chi connectivity index (χ4n) is 4.79. The number of carbonyl (C=O) groups is 1. The summed E-state index contributed by atoms with van der Waals surface area (Å²) in [6.45, 7) is 1.54. The van der Waals surface area contributed by atoms with Crippen molar-refractivity contribution in [1.29, 1.82) is 0 Å². The molecule has 3 heterocycles. The van der Waals surface area contributed by atoms with E-state index in [9.17, 15) is 13.2 Å². The van der Waals surface area contributed by atoms with E-state index in [0.717, 1.165) is 42.7 Å². The molecule has 0 bridgehead atoms. The van der Waals surface area contributed by atoms with Gasteiger partial charge in [-0.15, -0.1) is 0 Å². The molecule has 7 nitrogen and oxygen atoms in total. The number of para-hydroxylation sites is 2. The molecular weight excluding hydrogens is 426 g/mol. The largest absolute Gasteiger partial charge is 0.440 e. The molecule has 2 fully saturated rings. The second-order valence-corrected chi connectivity index (χ2v) is 10.5. The third-order valence-corrected chi connectivity index (χ3v) is 8.48. The SMILES string of the molecule is O=C(C1CCCCN1S(=O)(=O)c1ccccc1)N1CCC(c2nc3ccccc3o2)CC1. The van der Waals surface area contributed by atoms with E-state index in [4.69, 9.17) is 4.42 Å². The van der Waals surface area contributed by atoms with Gasteiger partial charge in [-0.1, -0.05) is 36.8 Å². The van der Waals surface area contributed by atoms with Gasteiger partial charge in [0.05, 0.1) is 4.90 Å². The Bertz CT molecular complexity index is 1170. The lowest BCUT2D eigenvalue weighted by molar-refractivity contribution is -0.137. The topological polar surface area (TPSA) is 83.7 Å². The lowest BCUT2D eigenvalue weighted by Crippen LogP contribution is -2.54. The van der Waals surface area contributed by atoms with Crippen molar-refractivity contribution in [3.05, 3.63) is 60.5 Å². The Morgan fingerprint density at radius 3 is 2.38 bits per heavy atom. The number of oxazole rings is 1. The highest BCUT2D eigenvalue weighted by molar-refractivity contribution is 7.89. The fourth-order valence-corrected chi connectivity index (χ4v) is 6.46. The van der Waals surface area contributed by atoms with E-state index < -0.39 is 16.1 Å². The van der Waals surface area contributed by atoms with Gasteiger partial charge in [-0.05, 0) is 49.9 Å². The molecule has 2 aliphatic rings. The van der Waals surface area contributed by atoms with Gasteiger partial charge < -0.3 is 9.32 Å². The Morgan fingerprint density at radius 1 is 0.906 bits per heavy atom. The van der Waals surface area contributed by atoms with Gasteiger partial charge in [-0.2, -0.15) is 4.31 Å². The molecule has 1 aromatic heterocycles. The molecule has 2 aromatic carbocycles. The molecule has 1 amide bonds. The number of likely N-dealkylation sites (tertiary alicyclic amines) is 1. The summed E-state index contributed by atoms with van der Waals surface area (Å²) >= 11 is 0. The van der Waals surface area contributed by atoms with Gasteiger partial charge in [0.15, 0.2) is 11.5 Å². The van der Waals surface area contributed by atoms with Gasteiger partial charge in [-0.25, -0.2) is 13.4 Å². The van der Waals surface area contributed by atoms with Gasteiger partial charge in [-0.3, -0.25) is 4.79 Å². The Labute approximate surface area is 188 Å². The molecule has 0 aliphatic carbocycles. The molecular formula is C24H27N3O4S. The summed E-state index contributed by atoms with van der Waals surface area (Å²) in [5, 5.41) is 0. The molecule has 2 saturated heterocycles. The quantitative estimate of drug-likeness (QED) is 0.600.